The number of carbonyl (C=O) groups excluding carboxylic acids is 1. The van der Waals surface area contributed by atoms with Crippen molar-refractivity contribution in [3.8, 4) is 0 Å². The quantitative estimate of drug-likeness (QED) is 0.787. The molecule has 0 fully saturated rings. The molecular weight excluding hydrogens is 296 g/mol. The lowest BCUT2D eigenvalue weighted by atomic mass is 10.2. The monoisotopic (exact) mass is 314 g/mol. The third-order valence-corrected chi connectivity index (χ3v) is 4.55. The Kier molecular flexibility index (Phi) is 4.20. The van der Waals surface area contributed by atoms with Gasteiger partial charge in [-0.3, -0.25) is 4.79 Å². The third kappa shape index (κ3) is 2.87. The largest absolute Gasteiger partial charge is 0.348 e. The van der Waals surface area contributed by atoms with Crippen molar-refractivity contribution < 1.29 is 4.79 Å². The lowest BCUT2D eigenvalue weighted by molar-refractivity contribution is -0.123. The summed E-state index contributed by atoms with van der Waals surface area (Å²) >= 11 is 1.58. The standard InChI is InChI=1S/C16H18N4OS/c1-3-12-9-22-15(19-12)8-17-16(21)11(2)20-10-18-13-6-4-5-7-14(13)20/h4-7,9-11H,3,8H2,1-2H3,(H,17,21). The maximum absolute atomic E-state index is 12.4. The Bertz CT molecular complexity index is 792. The molecule has 5 nitrogen and oxygen atoms in total. The van der Waals surface area contributed by atoms with Gasteiger partial charge in [-0.2, -0.15) is 0 Å². The number of aryl methyl sites for hydroxylation is 1. The molecule has 0 aliphatic heterocycles. The van der Waals surface area contributed by atoms with Gasteiger partial charge < -0.3 is 9.88 Å². The lowest BCUT2D eigenvalue weighted by Gasteiger charge is -2.14. The van der Waals surface area contributed by atoms with Gasteiger partial charge in [-0.05, 0) is 25.5 Å². The van der Waals surface area contributed by atoms with E-state index in [9.17, 15) is 4.79 Å². The van der Waals surface area contributed by atoms with Gasteiger partial charge in [0, 0.05) is 5.38 Å². The molecule has 1 amide bonds. The van der Waals surface area contributed by atoms with Gasteiger partial charge in [0.2, 0.25) is 5.91 Å². The number of nitrogens with zero attached hydrogens (tertiary/aromatic N) is 3. The van der Waals surface area contributed by atoms with E-state index in [0.29, 0.717) is 6.54 Å². The van der Waals surface area contributed by atoms with Gasteiger partial charge in [-0.15, -0.1) is 11.3 Å². The lowest BCUT2D eigenvalue weighted by Crippen LogP contribution is -2.30. The van der Waals surface area contributed by atoms with Crippen molar-refractivity contribution in [2.24, 2.45) is 0 Å². The second kappa shape index (κ2) is 6.27. The minimum Gasteiger partial charge on any atom is -0.348 e. The summed E-state index contributed by atoms with van der Waals surface area (Å²) in [6.07, 6.45) is 2.63. The van der Waals surface area contributed by atoms with E-state index in [0.717, 1.165) is 28.2 Å². The number of imidazole rings is 1. The first-order valence-electron chi connectivity index (χ1n) is 7.31. The van der Waals surface area contributed by atoms with Crippen LogP contribution in [0.4, 0.5) is 0 Å². The van der Waals surface area contributed by atoms with Crippen molar-refractivity contribution in [3.63, 3.8) is 0 Å². The second-order valence-corrected chi connectivity index (χ2v) is 6.06. The average molecular weight is 314 g/mol. The van der Waals surface area contributed by atoms with Crippen LogP contribution < -0.4 is 5.32 Å². The van der Waals surface area contributed by atoms with Gasteiger partial charge in [-0.1, -0.05) is 19.1 Å². The van der Waals surface area contributed by atoms with Gasteiger partial charge in [0.1, 0.15) is 11.0 Å². The summed E-state index contributed by atoms with van der Waals surface area (Å²) in [6.45, 7) is 4.42. The molecule has 2 aromatic heterocycles. The zero-order chi connectivity index (χ0) is 15.5. The number of carbonyl (C=O) groups is 1. The first-order chi connectivity index (χ1) is 10.7. The Morgan fingerprint density at radius 1 is 1.41 bits per heavy atom. The molecule has 0 aliphatic carbocycles. The molecule has 0 radical (unpaired) electrons. The molecule has 6 heteroatoms. The molecule has 0 spiro atoms. The Morgan fingerprint density at radius 2 is 2.23 bits per heavy atom. The van der Waals surface area contributed by atoms with E-state index in [-0.39, 0.29) is 11.9 Å². The Balaban J connectivity index is 1.69. The number of aromatic nitrogens is 3. The molecule has 22 heavy (non-hydrogen) atoms. The summed E-state index contributed by atoms with van der Waals surface area (Å²) in [6, 6.07) is 7.50. The second-order valence-electron chi connectivity index (χ2n) is 5.12. The molecule has 0 aliphatic rings. The van der Waals surface area contributed by atoms with Crippen molar-refractivity contribution in [2.75, 3.05) is 0 Å². The zero-order valence-corrected chi connectivity index (χ0v) is 13.4. The maximum Gasteiger partial charge on any atom is 0.243 e. The minimum absolute atomic E-state index is 0.0311. The fourth-order valence-corrected chi connectivity index (χ4v) is 3.13. The maximum atomic E-state index is 12.4. The van der Waals surface area contributed by atoms with E-state index in [4.69, 9.17) is 0 Å². The van der Waals surface area contributed by atoms with E-state index in [2.05, 4.69) is 22.2 Å². The minimum atomic E-state index is -0.307. The van der Waals surface area contributed by atoms with Crippen molar-refractivity contribution in [2.45, 2.75) is 32.9 Å². The van der Waals surface area contributed by atoms with Gasteiger partial charge in [-0.25, -0.2) is 9.97 Å². The summed E-state index contributed by atoms with van der Waals surface area (Å²) in [5, 5.41) is 5.92. The summed E-state index contributed by atoms with van der Waals surface area (Å²) in [7, 11) is 0. The molecule has 0 saturated heterocycles. The highest BCUT2D eigenvalue weighted by molar-refractivity contribution is 7.09. The normalized spacial score (nSPS) is 12.5. The molecule has 0 saturated carbocycles. The molecule has 3 aromatic rings. The average Bonchev–Trinajstić information content (AvgIpc) is 3.18. The molecule has 0 bridgehead atoms. The molecule has 1 N–H and O–H groups in total. The van der Waals surface area contributed by atoms with E-state index in [1.807, 2.05) is 41.1 Å². The highest BCUT2D eigenvalue weighted by Crippen LogP contribution is 2.17. The number of thiazole rings is 1. The number of nitrogens with one attached hydrogen (secondary N) is 1. The highest BCUT2D eigenvalue weighted by atomic mass is 32.1. The van der Waals surface area contributed by atoms with Crippen molar-refractivity contribution >= 4 is 28.3 Å². The van der Waals surface area contributed by atoms with Gasteiger partial charge in [0.15, 0.2) is 0 Å². The fraction of sp³-hybridized carbons (Fsp3) is 0.312. The first-order valence-corrected chi connectivity index (χ1v) is 8.19. The van der Waals surface area contributed by atoms with Crippen molar-refractivity contribution in [3.05, 3.63) is 46.7 Å². The van der Waals surface area contributed by atoms with Gasteiger partial charge >= 0.3 is 0 Å². The summed E-state index contributed by atoms with van der Waals surface area (Å²) in [5.41, 5.74) is 2.94. The van der Waals surface area contributed by atoms with Crippen molar-refractivity contribution in [1.82, 2.24) is 19.9 Å². The van der Waals surface area contributed by atoms with Crippen LogP contribution in [0, 0.1) is 0 Å². The SMILES string of the molecule is CCc1csc(CNC(=O)C(C)n2cnc3ccccc32)n1. The van der Waals surface area contributed by atoms with E-state index in [1.54, 1.807) is 17.7 Å². The van der Waals surface area contributed by atoms with Crippen LogP contribution in [0.5, 0.6) is 0 Å². The predicted molar refractivity (Wildman–Crippen MR) is 87.8 cm³/mol. The summed E-state index contributed by atoms with van der Waals surface area (Å²) in [5.74, 6) is -0.0311. The van der Waals surface area contributed by atoms with E-state index in [1.165, 1.54) is 0 Å². The van der Waals surface area contributed by atoms with Crippen LogP contribution >= 0.6 is 11.3 Å². The molecule has 1 atom stereocenters. The number of hydrogen-bond donors (Lipinski definition) is 1. The van der Waals surface area contributed by atoms with Crippen LogP contribution in [0.2, 0.25) is 0 Å². The summed E-state index contributed by atoms with van der Waals surface area (Å²) < 4.78 is 1.89. The summed E-state index contributed by atoms with van der Waals surface area (Å²) in [4.78, 5) is 21.1. The number of amides is 1. The fourth-order valence-electron chi connectivity index (χ4n) is 2.32. The number of benzene rings is 1. The number of fused-ring (bicyclic) bond motifs is 1. The predicted octanol–water partition coefficient (Wildman–Crippen LogP) is 2.93. The van der Waals surface area contributed by atoms with E-state index >= 15 is 0 Å². The Labute approximate surface area is 133 Å². The Hall–Kier alpha value is -2.21. The topological polar surface area (TPSA) is 59.8 Å². The van der Waals surface area contributed by atoms with Gasteiger partial charge in [0.25, 0.3) is 0 Å². The number of rotatable bonds is 5. The van der Waals surface area contributed by atoms with E-state index < -0.39 is 0 Å². The first kappa shape index (κ1) is 14.7. The molecular formula is C16H18N4OS. The highest BCUT2D eigenvalue weighted by Gasteiger charge is 2.17. The van der Waals surface area contributed by atoms with Crippen LogP contribution in [-0.2, 0) is 17.8 Å². The van der Waals surface area contributed by atoms with Crippen LogP contribution in [0.15, 0.2) is 36.0 Å². The zero-order valence-electron chi connectivity index (χ0n) is 12.6. The van der Waals surface area contributed by atoms with Crippen LogP contribution in [0.3, 0.4) is 0 Å². The molecule has 3 rings (SSSR count). The molecule has 114 valence electrons. The Morgan fingerprint density at radius 3 is 3.00 bits per heavy atom. The van der Waals surface area contributed by atoms with Gasteiger partial charge in [0.05, 0.1) is 29.6 Å². The smallest absolute Gasteiger partial charge is 0.243 e. The molecule has 1 unspecified atom stereocenters. The van der Waals surface area contributed by atoms with Crippen LogP contribution in [-0.4, -0.2) is 20.4 Å². The number of para-hydroxylation sites is 2. The molecule has 2 heterocycles. The van der Waals surface area contributed by atoms with Crippen LogP contribution in [0.25, 0.3) is 11.0 Å². The van der Waals surface area contributed by atoms with Crippen molar-refractivity contribution in [1.29, 1.82) is 0 Å². The molecule has 1 aromatic carbocycles. The third-order valence-electron chi connectivity index (χ3n) is 3.65. The number of hydrogen-bond acceptors (Lipinski definition) is 4. The van der Waals surface area contributed by atoms with Crippen LogP contribution in [0.1, 0.15) is 30.6 Å².